The van der Waals surface area contributed by atoms with E-state index in [9.17, 15) is 32.3 Å². The van der Waals surface area contributed by atoms with Crippen molar-refractivity contribution >= 4 is 40.4 Å². The van der Waals surface area contributed by atoms with Crippen LogP contribution in [0.25, 0.3) is 10.9 Å². The van der Waals surface area contributed by atoms with Gasteiger partial charge in [-0.1, -0.05) is 18.2 Å². The molecule has 1 saturated heterocycles. The van der Waals surface area contributed by atoms with Gasteiger partial charge in [-0.2, -0.15) is 18.7 Å². The molecule has 1 aliphatic rings. The number of nitrogens with zero attached hydrogens (tertiary/aromatic N) is 2. The molecule has 1 aromatic heterocycles. The fourth-order valence-corrected chi connectivity index (χ4v) is 4.89. The van der Waals surface area contributed by atoms with E-state index < -0.39 is 47.4 Å². The number of amides is 4. The smallest absolute Gasteiger partial charge is 0.489 e. The van der Waals surface area contributed by atoms with Crippen LogP contribution in [0.3, 0.4) is 0 Å². The molecule has 2 aromatic carbocycles. The molecule has 11 nitrogen and oxygen atoms in total. The summed E-state index contributed by atoms with van der Waals surface area (Å²) in [6, 6.07) is 15.7. The minimum atomic E-state index is -5.34. The Labute approximate surface area is 257 Å². The molecular formula is C31H34F3N5O6. The van der Waals surface area contributed by atoms with Crippen LogP contribution in [0, 0.1) is 18.8 Å². The number of hydroxylamine groups is 1. The summed E-state index contributed by atoms with van der Waals surface area (Å²) in [6.07, 6.45) is -5.31. The van der Waals surface area contributed by atoms with E-state index in [0.29, 0.717) is 11.4 Å². The van der Waals surface area contributed by atoms with E-state index in [0.717, 1.165) is 22.2 Å². The van der Waals surface area contributed by atoms with Gasteiger partial charge in [-0.3, -0.25) is 14.6 Å². The second-order valence-electron chi connectivity index (χ2n) is 11.7. The van der Waals surface area contributed by atoms with Crippen LogP contribution >= 0.6 is 0 Å². The maximum absolute atomic E-state index is 13.3. The third-order valence-corrected chi connectivity index (χ3v) is 6.98. The number of halogens is 3. The number of rotatable bonds is 6. The quantitative estimate of drug-likeness (QED) is 0.338. The monoisotopic (exact) mass is 629 g/mol. The number of likely N-dealkylation sites (tertiary alicyclic amines) is 1. The number of hydrogen-bond acceptors (Lipinski definition) is 7. The summed E-state index contributed by atoms with van der Waals surface area (Å²) in [5, 5.41) is 6.43. The second kappa shape index (κ2) is 13.4. The topological polar surface area (TPSA) is 139 Å². The van der Waals surface area contributed by atoms with E-state index in [2.05, 4.69) is 20.5 Å². The summed E-state index contributed by atoms with van der Waals surface area (Å²) < 4.78 is 43.7. The van der Waals surface area contributed by atoms with Gasteiger partial charge in [0.15, 0.2) is 0 Å². The van der Waals surface area contributed by atoms with E-state index in [1.165, 1.54) is 10.4 Å². The van der Waals surface area contributed by atoms with Crippen LogP contribution in [0.15, 0.2) is 54.6 Å². The van der Waals surface area contributed by atoms with Crippen molar-refractivity contribution in [3.63, 3.8) is 0 Å². The van der Waals surface area contributed by atoms with Crippen LogP contribution in [0.5, 0.6) is 5.75 Å². The van der Waals surface area contributed by atoms with Crippen LogP contribution in [0.1, 0.15) is 38.4 Å². The molecule has 1 unspecified atom stereocenters. The molecular weight excluding hydrogens is 595 g/mol. The molecule has 0 bridgehead atoms. The van der Waals surface area contributed by atoms with Crippen LogP contribution in [0.4, 0.5) is 23.7 Å². The number of fused-ring (bicyclic) bond motifs is 1. The highest BCUT2D eigenvalue weighted by Gasteiger charge is 2.44. The normalized spacial score (nSPS) is 16.9. The number of aromatic nitrogens is 1. The first-order valence-electron chi connectivity index (χ1n) is 14.1. The van der Waals surface area contributed by atoms with Gasteiger partial charge in [-0.05, 0) is 70.5 Å². The number of piperidine rings is 1. The fourth-order valence-electron chi connectivity index (χ4n) is 4.89. The summed E-state index contributed by atoms with van der Waals surface area (Å²) in [5.41, 5.74) is 3.96. The lowest BCUT2D eigenvalue weighted by molar-refractivity contribution is -0.208. The van der Waals surface area contributed by atoms with Crippen molar-refractivity contribution in [2.24, 2.45) is 11.8 Å². The molecule has 0 saturated carbocycles. The van der Waals surface area contributed by atoms with Crippen LogP contribution in [0.2, 0.25) is 0 Å². The van der Waals surface area contributed by atoms with Gasteiger partial charge in [-0.15, -0.1) is 0 Å². The molecule has 14 heteroatoms. The van der Waals surface area contributed by atoms with Crippen molar-refractivity contribution in [1.82, 2.24) is 20.7 Å². The van der Waals surface area contributed by atoms with Gasteiger partial charge in [0.1, 0.15) is 12.4 Å². The summed E-state index contributed by atoms with van der Waals surface area (Å²) >= 11 is 0. The molecule has 1 fully saturated rings. The van der Waals surface area contributed by atoms with E-state index >= 15 is 0 Å². The van der Waals surface area contributed by atoms with E-state index in [4.69, 9.17) is 4.74 Å². The second-order valence-corrected chi connectivity index (χ2v) is 11.7. The number of benzene rings is 2. The van der Waals surface area contributed by atoms with Crippen molar-refractivity contribution in [3.8, 4) is 5.75 Å². The first kappa shape index (κ1) is 33.0. The van der Waals surface area contributed by atoms with Gasteiger partial charge in [0.2, 0.25) is 5.91 Å². The number of urea groups is 1. The molecule has 3 aromatic rings. The zero-order valence-corrected chi connectivity index (χ0v) is 25.2. The van der Waals surface area contributed by atoms with E-state index in [1.807, 2.05) is 37.3 Å². The van der Waals surface area contributed by atoms with Crippen LogP contribution in [-0.4, -0.2) is 58.5 Å². The highest BCUT2D eigenvalue weighted by Crippen LogP contribution is 2.28. The van der Waals surface area contributed by atoms with Crippen LogP contribution < -0.4 is 20.9 Å². The molecule has 0 aliphatic carbocycles. The molecule has 1 aliphatic heterocycles. The van der Waals surface area contributed by atoms with Crippen molar-refractivity contribution < 1.29 is 41.9 Å². The molecule has 3 N–H and O–H groups in total. The number of hydrogen-bond donors (Lipinski definition) is 3. The van der Waals surface area contributed by atoms with Gasteiger partial charge in [-0.25, -0.2) is 9.59 Å². The predicted molar refractivity (Wildman–Crippen MR) is 158 cm³/mol. The van der Waals surface area contributed by atoms with Gasteiger partial charge in [0.25, 0.3) is 5.91 Å². The molecule has 2 heterocycles. The molecule has 4 rings (SSSR count). The number of para-hydroxylation sites is 1. The Morgan fingerprint density at radius 3 is 2.33 bits per heavy atom. The first-order valence-corrected chi connectivity index (χ1v) is 14.1. The first-order chi connectivity index (χ1) is 21.1. The zero-order chi connectivity index (χ0) is 32.9. The number of alkyl halides is 3. The molecule has 0 spiro atoms. The van der Waals surface area contributed by atoms with E-state index in [-0.39, 0.29) is 26.1 Å². The number of aryl methyl sites for hydroxylation is 1. The molecule has 0 radical (unpaired) electrons. The third-order valence-electron chi connectivity index (χ3n) is 6.98. The van der Waals surface area contributed by atoms with Gasteiger partial charge in [0, 0.05) is 41.0 Å². The van der Waals surface area contributed by atoms with Crippen molar-refractivity contribution in [2.75, 3.05) is 18.4 Å². The molecule has 2 atom stereocenters. The lowest BCUT2D eigenvalue weighted by atomic mass is 9.84. The summed E-state index contributed by atoms with van der Waals surface area (Å²) in [6.45, 7) is 7.25. The van der Waals surface area contributed by atoms with Crippen molar-refractivity contribution in [3.05, 3.63) is 65.9 Å². The Balaban J connectivity index is 1.42. The number of carbonyl (C=O) groups is 4. The molecule has 45 heavy (non-hydrogen) atoms. The Morgan fingerprint density at radius 2 is 1.67 bits per heavy atom. The standard InChI is InChI=1S/C31H34F3N5O6/c1-18-15-19(22-7-5-6-8-25(22)35-18)17-44-21-11-9-20(10-12-21)36-26(40)23-13-14-39(29(43)37-30(2,3)4)16-24(23)27(41)38-45-28(42)31(32,33)34/h5-12,15,23-24H,13-14,16-17H2,1-4H3,(H,36,40)(H,37,43)(H,38,41)/t23?,24-/m0/s1. The lowest BCUT2D eigenvalue weighted by Crippen LogP contribution is -2.56. The Morgan fingerprint density at radius 1 is 0.978 bits per heavy atom. The Hall–Kier alpha value is -4.88. The zero-order valence-electron chi connectivity index (χ0n) is 25.2. The minimum Gasteiger partial charge on any atom is -0.489 e. The van der Waals surface area contributed by atoms with Crippen molar-refractivity contribution in [1.29, 1.82) is 0 Å². The average molecular weight is 630 g/mol. The average Bonchev–Trinajstić information content (AvgIpc) is 2.97. The lowest BCUT2D eigenvalue weighted by Gasteiger charge is -2.38. The highest BCUT2D eigenvalue weighted by molar-refractivity contribution is 5.96. The number of ether oxygens (including phenoxy) is 1. The maximum Gasteiger partial charge on any atom is 0.493 e. The fraction of sp³-hybridized carbons (Fsp3) is 0.387. The SMILES string of the molecule is Cc1cc(COc2ccc(NC(=O)C3CCN(C(=O)NC(C)(C)C)C[C@@H]3C(=O)NOC(=O)C(F)(F)F)cc2)c2ccccc2n1. The Kier molecular flexibility index (Phi) is 9.84. The molecule has 4 amide bonds. The number of nitrogens with one attached hydrogen (secondary N) is 3. The number of carbonyl (C=O) groups excluding carboxylic acids is 4. The summed E-state index contributed by atoms with van der Waals surface area (Å²) in [4.78, 5) is 59.8. The number of anilines is 1. The molecule has 240 valence electrons. The Bertz CT molecular complexity index is 1570. The predicted octanol–water partition coefficient (Wildman–Crippen LogP) is 4.64. The van der Waals surface area contributed by atoms with Gasteiger partial charge in [0.05, 0.1) is 17.4 Å². The highest BCUT2D eigenvalue weighted by atomic mass is 19.4. The van der Waals surface area contributed by atoms with Gasteiger partial charge < -0.3 is 25.1 Å². The largest absolute Gasteiger partial charge is 0.493 e. The van der Waals surface area contributed by atoms with E-state index in [1.54, 1.807) is 45.0 Å². The summed E-state index contributed by atoms with van der Waals surface area (Å²) in [7, 11) is 0. The number of pyridine rings is 1. The van der Waals surface area contributed by atoms with Gasteiger partial charge >= 0.3 is 18.2 Å². The van der Waals surface area contributed by atoms with Crippen molar-refractivity contribution in [2.45, 2.75) is 52.4 Å². The summed E-state index contributed by atoms with van der Waals surface area (Å²) in [5.74, 6) is -6.19. The third kappa shape index (κ3) is 8.83. The minimum absolute atomic E-state index is 0.0230. The maximum atomic E-state index is 13.3. The van der Waals surface area contributed by atoms with Crippen LogP contribution in [-0.2, 0) is 25.8 Å².